The molecule has 0 saturated heterocycles. The van der Waals surface area contributed by atoms with Gasteiger partial charge in [-0.2, -0.15) is 0 Å². The molecule has 0 fully saturated rings. The average Bonchev–Trinajstić information content (AvgIpc) is 3.02. The van der Waals surface area contributed by atoms with Gasteiger partial charge in [0.1, 0.15) is 0 Å². The minimum Gasteiger partial charge on any atom is -0.385 e. The molecular formula is C18H23ClN4O2S. The molecule has 26 heavy (non-hydrogen) atoms. The van der Waals surface area contributed by atoms with E-state index in [-0.39, 0.29) is 11.2 Å². The highest BCUT2D eigenvalue weighted by Crippen LogP contribution is 2.30. The van der Waals surface area contributed by atoms with Crippen molar-refractivity contribution in [2.24, 2.45) is 0 Å². The molecule has 1 aromatic heterocycles. The summed E-state index contributed by atoms with van der Waals surface area (Å²) in [4.78, 5) is 12.1. The summed E-state index contributed by atoms with van der Waals surface area (Å²) in [5, 5.41) is 12.4. The lowest BCUT2D eigenvalue weighted by Gasteiger charge is -2.13. The van der Waals surface area contributed by atoms with Gasteiger partial charge in [-0.05, 0) is 25.5 Å². The summed E-state index contributed by atoms with van der Waals surface area (Å²) >= 11 is 7.70. The van der Waals surface area contributed by atoms with Crippen LogP contribution in [0.15, 0.2) is 42.1 Å². The number of methoxy groups -OCH3 is 1. The molecule has 1 N–H and O–H groups in total. The topological polar surface area (TPSA) is 69.0 Å². The molecule has 6 nitrogen and oxygen atoms in total. The van der Waals surface area contributed by atoms with E-state index in [9.17, 15) is 4.79 Å². The summed E-state index contributed by atoms with van der Waals surface area (Å²) in [6.07, 6.45) is 2.45. The fourth-order valence-electron chi connectivity index (χ4n) is 2.31. The summed E-state index contributed by atoms with van der Waals surface area (Å²) in [5.41, 5.74) is 0.815. The number of rotatable bonds is 10. The van der Waals surface area contributed by atoms with E-state index in [1.807, 2.05) is 35.8 Å². The molecule has 0 aliphatic heterocycles. The molecular weight excluding hydrogens is 372 g/mol. The van der Waals surface area contributed by atoms with Crippen LogP contribution in [0.4, 0.5) is 0 Å². The van der Waals surface area contributed by atoms with Gasteiger partial charge < -0.3 is 14.6 Å². The van der Waals surface area contributed by atoms with Crippen LogP contribution in [-0.2, 0) is 16.1 Å². The number of nitrogens with one attached hydrogen (secondary N) is 1. The fraction of sp³-hybridized carbons (Fsp3) is 0.389. The van der Waals surface area contributed by atoms with Gasteiger partial charge in [0.2, 0.25) is 5.91 Å². The number of carbonyl (C=O) groups is 1. The summed E-state index contributed by atoms with van der Waals surface area (Å²) in [7, 11) is 1.67. The van der Waals surface area contributed by atoms with Crippen LogP contribution in [-0.4, -0.2) is 46.2 Å². The molecule has 0 bridgehead atoms. The van der Waals surface area contributed by atoms with Crippen molar-refractivity contribution in [3.05, 3.63) is 41.9 Å². The van der Waals surface area contributed by atoms with Crippen LogP contribution in [0, 0.1) is 0 Å². The Labute approximate surface area is 163 Å². The van der Waals surface area contributed by atoms with E-state index in [0.29, 0.717) is 35.7 Å². The van der Waals surface area contributed by atoms with E-state index < -0.39 is 0 Å². The first-order valence-corrected chi connectivity index (χ1v) is 9.56. The Balaban J connectivity index is 2.26. The maximum Gasteiger partial charge on any atom is 0.233 e. The van der Waals surface area contributed by atoms with Crippen molar-refractivity contribution >= 4 is 29.3 Å². The number of ether oxygens (including phenoxy) is 1. The highest BCUT2D eigenvalue weighted by atomic mass is 35.5. The number of aromatic nitrogens is 3. The number of benzene rings is 1. The zero-order valence-electron chi connectivity index (χ0n) is 14.9. The lowest BCUT2D eigenvalue weighted by atomic mass is 10.2. The van der Waals surface area contributed by atoms with E-state index >= 15 is 0 Å². The number of carbonyl (C=O) groups excluding carboxylic acids is 1. The van der Waals surface area contributed by atoms with Gasteiger partial charge in [0.05, 0.1) is 10.3 Å². The molecule has 1 aromatic carbocycles. The van der Waals surface area contributed by atoms with Crippen molar-refractivity contribution in [3.8, 4) is 11.4 Å². The van der Waals surface area contributed by atoms with Gasteiger partial charge in [-0.1, -0.05) is 41.6 Å². The molecule has 2 aromatic rings. The molecule has 1 heterocycles. The molecule has 1 atom stereocenters. The van der Waals surface area contributed by atoms with Crippen molar-refractivity contribution in [3.63, 3.8) is 0 Å². The Morgan fingerprint density at radius 1 is 1.46 bits per heavy atom. The molecule has 0 aliphatic carbocycles. The van der Waals surface area contributed by atoms with Crippen LogP contribution < -0.4 is 5.32 Å². The van der Waals surface area contributed by atoms with Crippen molar-refractivity contribution in [1.82, 2.24) is 20.1 Å². The molecule has 0 aliphatic rings. The van der Waals surface area contributed by atoms with Crippen LogP contribution in [0.3, 0.4) is 0 Å². The third-order valence-corrected chi connectivity index (χ3v) is 5.04. The van der Waals surface area contributed by atoms with Gasteiger partial charge in [0, 0.05) is 32.4 Å². The fourth-order valence-corrected chi connectivity index (χ4v) is 3.43. The van der Waals surface area contributed by atoms with E-state index in [1.165, 1.54) is 11.8 Å². The minimum absolute atomic E-state index is 0.0689. The Bertz CT molecular complexity index is 751. The van der Waals surface area contributed by atoms with Crippen LogP contribution in [0.2, 0.25) is 5.02 Å². The predicted molar refractivity (Wildman–Crippen MR) is 105 cm³/mol. The maximum absolute atomic E-state index is 12.1. The molecule has 1 unspecified atom stereocenters. The number of hydrogen-bond donors (Lipinski definition) is 1. The first-order valence-electron chi connectivity index (χ1n) is 8.30. The van der Waals surface area contributed by atoms with Crippen LogP contribution in [0.5, 0.6) is 0 Å². The minimum atomic E-state index is -0.306. The van der Waals surface area contributed by atoms with Crippen molar-refractivity contribution in [2.45, 2.75) is 30.3 Å². The lowest BCUT2D eigenvalue weighted by molar-refractivity contribution is -0.120. The first kappa shape index (κ1) is 20.5. The van der Waals surface area contributed by atoms with Crippen LogP contribution in [0.1, 0.15) is 13.3 Å². The summed E-state index contributed by atoms with van der Waals surface area (Å²) in [5.74, 6) is 0.619. The Morgan fingerprint density at radius 3 is 2.92 bits per heavy atom. The van der Waals surface area contributed by atoms with Crippen molar-refractivity contribution < 1.29 is 9.53 Å². The molecule has 0 radical (unpaired) electrons. The molecule has 8 heteroatoms. The number of amides is 1. The SMILES string of the molecule is C=CCNC(=O)C(C)Sc1nnc(-c2ccccc2Cl)n1CCCOC. The number of nitrogens with zero attached hydrogens (tertiary/aromatic N) is 3. The first-order chi connectivity index (χ1) is 12.6. The Morgan fingerprint density at radius 2 is 2.23 bits per heavy atom. The smallest absolute Gasteiger partial charge is 0.233 e. The molecule has 1 amide bonds. The predicted octanol–water partition coefficient (Wildman–Crippen LogP) is 3.42. The van der Waals surface area contributed by atoms with E-state index in [2.05, 4.69) is 22.1 Å². The quantitative estimate of drug-likeness (QED) is 0.380. The standard InChI is InChI=1S/C18H23ClN4O2S/c1-4-10-20-17(24)13(2)26-18-22-21-16(23(18)11-7-12-25-3)14-8-5-6-9-15(14)19/h4-6,8-9,13H,1,7,10-12H2,2-3H3,(H,20,24). The summed E-state index contributed by atoms with van der Waals surface area (Å²) in [6.45, 7) is 7.18. The second-order valence-corrected chi connectivity index (χ2v) is 7.29. The van der Waals surface area contributed by atoms with E-state index in [0.717, 1.165) is 12.0 Å². The van der Waals surface area contributed by atoms with Crippen molar-refractivity contribution in [2.75, 3.05) is 20.3 Å². The molecule has 0 spiro atoms. The largest absolute Gasteiger partial charge is 0.385 e. The van der Waals surface area contributed by atoms with Gasteiger partial charge in [0.25, 0.3) is 0 Å². The highest BCUT2D eigenvalue weighted by molar-refractivity contribution is 8.00. The molecule has 140 valence electrons. The molecule has 0 saturated carbocycles. The van der Waals surface area contributed by atoms with Crippen LogP contribution >= 0.6 is 23.4 Å². The number of thioether (sulfide) groups is 1. The van der Waals surface area contributed by atoms with Gasteiger partial charge in [-0.25, -0.2) is 0 Å². The monoisotopic (exact) mass is 394 g/mol. The zero-order chi connectivity index (χ0) is 18.9. The van der Waals surface area contributed by atoms with Gasteiger partial charge >= 0.3 is 0 Å². The van der Waals surface area contributed by atoms with Gasteiger partial charge in [-0.3, -0.25) is 4.79 Å². The second-order valence-electron chi connectivity index (χ2n) is 5.58. The van der Waals surface area contributed by atoms with E-state index in [4.69, 9.17) is 16.3 Å². The van der Waals surface area contributed by atoms with Crippen LogP contribution in [0.25, 0.3) is 11.4 Å². The third kappa shape index (κ3) is 5.33. The van der Waals surface area contributed by atoms with Gasteiger partial charge in [0.15, 0.2) is 11.0 Å². The Hall–Kier alpha value is -1.83. The zero-order valence-corrected chi connectivity index (χ0v) is 16.5. The highest BCUT2D eigenvalue weighted by Gasteiger charge is 2.21. The number of hydrogen-bond acceptors (Lipinski definition) is 5. The van der Waals surface area contributed by atoms with E-state index in [1.54, 1.807) is 13.2 Å². The number of halogens is 1. The second kappa shape index (κ2) is 10.4. The normalized spacial score (nSPS) is 12.0. The third-order valence-electron chi connectivity index (χ3n) is 3.63. The Kier molecular flexibility index (Phi) is 8.15. The molecule has 2 rings (SSSR count). The maximum atomic E-state index is 12.1. The van der Waals surface area contributed by atoms with Gasteiger partial charge in [-0.15, -0.1) is 16.8 Å². The summed E-state index contributed by atoms with van der Waals surface area (Å²) < 4.78 is 7.14. The van der Waals surface area contributed by atoms with Crippen molar-refractivity contribution in [1.29, 1.82) is 0 Å². The average molecular weight is 395 g/mol. The lowest BCUT2D eigenvalue weighted by Crippen LogP contribution is -2.31. The summed E-state index contributed by atoms with van der Waals surface area (Å²) in [6, 6.07) is 7.52.